The summed E-state index contributed by atoms with van der Waals surface area (Å²) in [6, 6.07) is 28.1. The lowest BCUT2D eigenvalue weighted by Gasteiger charge is -2.13. The number of amides is 2. The summed E-state index contributed by atoms with van der Waals surface area (Å²) in [4.78, 5) is 39.4. The van der Waals surface area contributed by atoms with Gasteiger partial charge in [-0.25, -0.2) is 0 Å². The normalized spacial score (nSPS) is 11.1. The molecule has 39 heavy (non-hydrogen) atoms. The van der Waals surface area contributed by atoms with Crippen LogP contribution in [0.3, 0.4) is 0 Å². The molecule has 0 aliphatic rings. The van der Waals surface area contributed by atoms with Crippen LogP contribution in [0.25, 0.3) is 6.08 Å². The number of ketones is 1. The van der Waals surface area contributed by atoms with E-state index in [0.717, 1.165) is 10.5 Å². The topological polar surface area (TPSA) is 75.3 Å². The molecule has 0 atom stereocenters. The summed E-state index contributed by atoms with van der Waals surface area (Å²) in [5.41, 5.74) is 3.06. The van der Waals surface area contributed by atoms with Gasteiger partial charge in [0.25, 0.3) is 11.8 Å². The van der Waals surface area contributed by atoms with Crippen molar-refractivity contribution in [3.63, 3.8) is 0 Å². The highest BCUT2D eigenvalue weighted by Gasteiger charge is 2.17. The zero-order valence-electron chi connectivity index (χ0n) is 20.9. The summed E-state index contributed by atoms with van der Waals surface area (Å²) in [7, 11) is 0. The van der Waals surface area contributed by atoms with Gasteiger partial charge in [0.15, 0.2) is 5.78 Å². The van der Waals surface area contributed by atoms with Gasteiger partial charge in [-0.1, -0.05) is 77.3 Å². The van der Waals surface area contributed by atoms with Crippen molar-refractivity contribution in [2.24, 2.45) is 0 Å². The molecule has 0 saturated carbocycles. The van der Waals surface area contributed by atoms with Crippen LogP contribution in [0.15, 0.2) is 108 Å². The summed E-state index contributed by atoms with van der Waals surface area (Å²) >= 11 is 14.0. The van der Waals surface area contributed by atoms with Crippen molar-refractivity contribution >= 4 is 64.3 Å². The molecule has 0 heterocycles. The highest BCUT2D eigenvalue weighted by molar-refractivity contribution is 8.00. The van der Waals surface area contributed by atoms with Crippen LogP contribution in [0.4, 0.5) is 5.69 Å². The van der Waals surface area contributed by atoms with Crippen LogP contribution >= 0.6 is 35.0 Å². The minimum Gasteiger partial charge on any atom is -0.321 e. The van der Waals surface area contributed by atoms with Crippen molar-refractivity contribution in [3.05, 3.63) is 135 Å². The number of benzene rings is 4. The Morgan fingerprint density at radius 2 is 1.41 bits per heavy atom. The van der Waals surface area contributed by atoms with Gasteiger partial charge in [0.2, 0.25) is 0 Å². The van der Waals surface area contributed by atoms with E-state index in [-0.39, 0.29) is 11.5 Å². The molecule has 5 nitrogen and oxygen atoms in total. The molecule has 0 saturated heterocycles. The van der Waals surface area contributed by atoms with Crippen molar-refractivity contribution in [3.8, 4) is 0 Å². The van der Waals surface area contributed by atoms with E-state index in [2.05, 4.69) is 10.6 Å². The molecule has 196 valence electrons. The SMILES string of the molecule is Cc1ccc(C(=O)CSc2ccc(NC(=O)/C(=C/c3c(Cl)cccc3Cl)NC(=O)c3ccccc3)cc2)cc1. The third-order valence-electron chi connectivity index (χ3n) is 5.67. The number of anilines is 1. The van der Waals surface area contributed by atoms with Gasteiger partial charge < -0.3 is 10.6 Å². The predicted octanol–water partition coefficient (Wildman–Crippen LogP) is 7.69. The van der Waals surface area contributed by atoms with Gasteiger partial charge in [-0.2, -0.15) is 0 Å². The predicted molar refractivity (Wildman–Crippen MR) is 160 cm³/mol. The standard InChI is InChI=1S/C31H24Cl2N2O3S/c1-20-10-12-21(13-11-20)29(36)19-39-24-16-14-23(15-17-24)34-31(38)28(18-25-26(32)8-5-9-27(25)33)35-30(37)22-6-3-2-4-7-22/h2-18H,19H2,1H3,(H,34,38)(H,35,37)/b28-18-. The Bertz CT molecular complexity index is 1500. The van der Waals surface area contributed by atoms with Crippen LogP contribution in [-0.2, 0) is 4.79 Å². The van der Waals surface area contributed by atoms with Crippen LogP contribution in [-0.4, -0.2) is 23.4 Å². The molecule has 0 unspecified atom stereocenters. The van der Waals surface area contributed by atoms with Gasteiger partial charge in [-0.3, -0.25) is 14.4 Å². The molecule has 0 radical (unpaired) electrons. The Labute approximate surface area is 241 Å². The Morgan fingerprint density at radius 3 is 2.05 bits per heavy atom. The second-order valence-corrected chi connectivity index (χ2v) is 10.4. The number of thioether (sulfide) groups is 1. The Balaban J connectivity index is 1.47. The summed E-state index contributed by atoms with van der Waals surface area (Å²) in [5.74, 6) is -0.666. The molecule has 0 aliphatic heterocycles. The molecule has 4 aromatic rings. The molecule has 0 aliphatic carbocycles. The molecule has 4 aromatic carbocycles. The minimum absolute atomic E-state index is 0.0269. The monoisotopic (exact) mass is 574 g/mol. The van der Waals surface area contributed by atoms with Gasteiger partial charge in [0, 0.05) is 37.3 Å². The fourth-order valence-electron chi connectivity index (χ4n) is 3.54. The average molecular weight is 576 g/mol. The van der Waals surface area contributed by atoms with Crippen molar-refractivity contribution in [1.29, 1.82) is 0 Å². The van der Waals surface area contributed by atoms with Crippen molar-refractivity contribution in [2.75, 3.05) is 11.1 Å². The summed E-state index contributed by atoms with van der Waals surface area (Å²) in [6.07, 6.45) is 1.45. The quantitative estimate of drug-likeness (QED) is 0.122. The number of halogens is 2. The van der Waals surface area contributed by atoms with Crippen LogP contribution in [0.1, 0.15) is 31.8 Å². The van der Waals surface area contributed by atoms with Crippen LogP contribution in [0.5, 0.6) is 0 Å². The summed E-state index contributed by atoms with van der Waals surface area (Å²) < 4.78 is 0. The number of aryl methyl sites for hydroxylation is 1. The first-order valence-corrected chi connectivity index (χ1v) is 13.7. The smallest absolute Gasteiger partial charge is 0.272 e. The molecule has 0 fully saturated rings. The van der Waals surface area contributed by atoms with Crippen molar-refractivity contribution in [1.82, 2.24) is 5.32 Å². The Morgan fingerprint density at radius 1 is 0.769 bits per heavy atom. The Hall–Kier alpha value is -3.84. The highest BCUT2D eigenvalue weighted by Crippen LogP contribution is 2.27. The summed E-state index contributed by atoms with van der Waals surface area (Å²) in [6.45, 7) is 1.98. The number of Topliss-reactive ketones (excluding diaryl/α,β-unsaturated/α-hetero) is 1. The average Bonchev–Trinajstić information content (AvgIpc) is 2.94. The number of hydrogen-bond donors (Lipinski definition) is 2. The molecule has 0 aromatic heterocycles. The maximum atomic E-state index is 13.3. The molecule has 0 spiro atoms. The first-order valence-electron chi connectivity index (χ1n) is 12.0. The van der Waals surface area contributed by atoms with Crippen LogP contribution < -0.4 is 10.6 Å². The van der Waals surface area contributed by atoms with E-state index in [1.165, 1.54) is 17.8 Å². The van der Waals surface area contributed by atoms with E-state index in [1.54, 1.807) is 60.7 Å². The molecule has 8 heteroatoms. The van der Waals surface area contributed by atoms with Crippen LogP contribution in [0, 0.1) is 6.92 Å². The maximum Gasteiger partial charge on any atom is 0.272 e. The van der Waals surface area contributed by atoms with Crippen LogP contribution in [0.2, 0.25) is 10.0 Å². The zero-order chi connectivity index (χ0) is 27.8. The maximum absolute atomic E-state index is 13.3. The number of carbonyl (C=O) groups is 3. The molecule has 0 bridgehead atoms. The number of carbonyl (C=O) groups excluding carboxylic acids is 3. The first-order chi connectivity index (χ1) is 18.8. The highest BCUT2D eigenvalue weighted by atomic mass is 35.5. The molecular formula is C31H24Cl2N2O3S. The second-order valence-electron chi connectivity index (χ2n) is 8.57. The summed E-state index contributed by atoms with van der Waals surface area (Å²) in [5, 5.41) is 6.14. The third kappa shape index (κ3) is 7.83. The lowest BCUT2D eigenvalue weighted by atomic mass is 10.1. The number of nitrogens with one attached hydrogen (secondary N) is 2. The van der Waals surface area contributed by atoms with Gasteiger partial charge >= 0.3 is 0 Å². The molecule has 4 rings (SSSR count). The minimum atomic E-state index is -0.551. The van der Waals surface area contributed by atoms with Gasteiger partial charge in [-0.05, 0) is 61.5 Å². The molecule has 2 N–H and O–H groups in total. The van der Waals surface area contributed by atoms with Crippen molar-refractivity contribution in [2.45, 2.75) is 11.8 Å². The van der Waals surface area contributed by atoms with E-state index in [0.29, 0.717) is 38.2 Å². The van der Waals surface area contributed by atoms with Gasteiger partial charge in [0.05, 0.1) is 5.75 Å². The number of rotatable bonds is 9. The molecule has 2 amide bonds. The third-order valence-corrected chi connectivity index (χ3v) is 7.34. The van der Waals surface area contributed by atoms with E-state index in [4.69, 9.17) is 23.2 Å². The largest absolute Gasteiger partial charge is 0.321 e. The molecular weight excluding hydrogens is 551 g/mol. The lowest BCUT2D eigenvalue weighted by Crippen LogP contribution is -2.30. The second kappa shape index (κ2) is 13.3. The first kappa shape index (κ1) is 28.2. The number of hydrogen-bond acceptors (Lipinski definition) is 4. The van der Waals surface area contributed by atoms with Gasteiger partial charge in [-0.15, -0.1) is 11.8 Å². The van der Waals surface area contributed by atoms with Crippen molar-refractivity contribution < 1.29 is 14.4 Å². The van der Waals surface area contributed by atoms with E-state index in [1.807, 2.05) is 43.3 Å². The van der Waals surface area contributed by atoms with E-state index < -0.39 is 11.8 Å². The van der Waals surface area contributed by atoms with E-state index in [9.17, 15) is 14.4 Å². The Kier molecular flexibility index (Phi) is 9.60. The lowest BCUT2D eigenvalue weighted by molar-refractivity contribution is -0.113. The zero-order valence-corrected chi connectivity index (χ0v) is 23.2. The van der Waals surface area contributed by atoms with Gasteiger partial charge in [0.1, 0.15) is 5.70 Å². The fraction of sp³-hybridized carbons (Fsp3) is 0.0645. The van der Waals surface area contributed by atoms with E-state index >= 15 is 0 Å². The fourth-order valence-corrected chi connectivity index (χ4v) is 4.84.